The number of esters is 1. The molecule has 4 nitrogen and oxygen atoms in total. The largest absolute Gasteiger partial charge is 0.426 e. The lowest BCUT2D eigenvalue weighted by atomic mass is 9.74. The fourth-order valence-corrected chi connectivity index (χ4v) is 2.80. The maximum Gasteiger partial charge on any atom is 0.312 e. The van der Waals surface area contributed by atoms with Crippen molar-refractivity contribution in [3.8, 4) is 5.75 Å². The van der Waals surface area contributed by atoms with Gasteiger partial charge in [0.1, 0.15) is 5.75 Å². The second kappa shape index (κ2) is 7.59. The van der Waals surface area contributed by atoms with Gasteiger partial charge < -0.3 is 14.8 Å². The minimum Gasteiger partial charge on any atom is -0.426 e. The molecule has 0 aliphatic rings. The third kappa shape index (κ3) is 4.99. The Morgan fingerprint density at radius 2 is 1.91 bits per heavy atom. The molecule has 1 rings (SSSR count). The van der Waals surface area contributed by atoms with Crippen LogP contribution < -0.4 is 10.1 Å². The van der Waals surface area contributed by atoms with Gasteiger partial charge >= 0.3 is 5.97 Å². The smallest absolute Gasteiger partial charge is 0.312 e. The van der Waals surface area contributed by atoms with Crippen molar-refractivity contribution in [2.45, 2.75) is 46.0 Å². The van der Waals surface area contributed by atoms with Crippen molar-refractivity contribution in [2.24, 2.45) is 0 Å². The Balaban J connectivity index is 3.20. The highest BCUT2D eigenvalue weighted by Gasteiger charge is 2.28. The second-order valence-corrected chi connectivity index (χ2v) is 6.31. The molecule has 0 saturated carbocycles. The number of hydrogen-bond acceptors (Lipinski definition) is 4. The molecule has 2 radical (unpaired) electrons. The zero-order chi connectivity index (χ0) is 16.9. The number of hydrogen-bond donors (Lipinski definition) is 1. The fraction of sp³-hybridized carbons (Fsp3) is 0.529. The maximum atomic E-state index is 11.9. The van der Waals surface area contributed by atoms with E-state index in [1.807, 2.05) is 39.8 Å². The summed E-state index contributed by atoms with van der Waals surface area (Å²) in [4.78, 5) is 23.3. The van der Waals surface area contributed by atoms with Crippen molar-refractivity contribution >= 4 is 19.5 Å². The molecule has 0 amide bonds. The SMILES string of the molecule is [B]C(=O)CC(C)(C)c1c(C)cc(C)cc1OC(=O)CCNC. The molecule has 1 aromatic carbocycles. The van der Waals surface area contributed by atoms with Crippen LogP contribution in [0.3, 0.4) is 0 Å². The summed E-state index contributed by atoms with van der Waals surface area (Å²) in [6.45, 7) is 8.32. The average Bonchev–Trinajstić information content (AvgIpc) is 2.33. The Hall–Kier alpha value is -1.62. The Morgan fingerprint density at radius 3 is 2.45 bits per heavy atom. The topological polar surface area (TPSA) is 55.4 Å². The van der Waals surface area contributed by atoms with Gasteiger partial charge in [-0.05, 0) is 43.5 Å². The molecule has 22 heavy (non-hydrogen) atoms. The van der Waals surface area contributed by atoms with E-state index in [2.05, 4.69) is 5.32 Å². The van der Waals surface area contributed by atoms with E-state index in [1.54, 1.807) is 7.05 Å². The standard InChI is InChI=1S/C17H24BNO3/c1-11-8-12(2)16(17(3,4)10-14(18)20)13(9-11)22-15(21)6-7-19-5/h8-9,19H,6-7,10H2,1-5H3. The van der Waals surface area contributed by atoms with Gasteiger partial charge in [0.2, 0.25) is 0 Å². The van der Waals surface area contributed by atoms with Crippen molar-refractivity contribution in [2.75, 3.05) is 13.6 Å². The Bertz CT molecular complexity index is 567. The minimum atomic E-state index is -0.498. The highest BCUT2D eigenvalue weighted by atomic mass is 16.5. The molecule has 0 spiro atoms. The normalized spacial score (nSPS) is 11.3. The molecule has 0 fully saturated rings. The second-order valence-electron chi connectivity index (χ2n) is 6.31. The predicted octanol–water partition coefficient (Wildman–Crippen LogP) is 2.18. The first-order valence-electron chi connectivity index (χ1n) is 7.42. The first kappa shape index (κ1) is 18.4. The van der Waals surface area contributed by atoms with Crippen molar-refractivity contribution in [3.63, 3.8) is 0 Å². The number of nitrogens with one attached hydrogen (secondary N) is 1. The summed E-state index contributed by atoms with van der Waals surface area (Å²) in [7, 11) is 7.14. The van der Waals surface area contributed by atoms with Gasteiger partial charge in [-0.2, -0.15) is 0 Å². The first-order valence-corrected chi connectivity index (χ1v) is 7.42. The molecule has 5 heteroatoms. The zero-order valence-corrected chi connectivity index (χ0v) is 14.1. The molecule has 0 aliphatic heterocycles. The van der Waals surface area contributed by atoms with Crippen molar-refractivity contribution in [1.29, 1.82) is 0 Å². The van der Waals surface area contributed by atoms with Gasteiger partial charge in [-0.1, -0.05) is 19.9 Å². The van der Waals surface area contributed by atoms with Crippen LogP contribution in [0.5, 0.6) is 5.75 Å². The minimum absolute atomic E-state index is 0.192. The quantitative estimate of drug-likeness (QED) is 0.476. The fourth-order valence-electron chi connectivity index (χ4n) is 2.80. The summed E-state index contributed by atoms with van der Waals surface area (Å²) in [5.41, 5.74) is 1.98. The molecule has 0 atom stereocenters. The van der Waals surface area contributed by atoms with E-state index in [4.69, 9.17) is 12.6 Å². The number of ether oxygens (including phenoxy) is 1. The lowest BCUT2D eigenvalue weighted by molar-refractivity contribution is -0.134. The monoisotopic (exact) mass is 301 g/mol. The number of benzene rings is 1. The van der Waals surface area contributed by atoms with Crippen LogP contribution in [0.4, 0.5) is 0 Å². The van der Waals surface area contributed by atoms with Gasteiger partial charge in [0.15, 0.2) is 7.85 Å². The maximum absolute atomic E-state index is 11.9. The van der Waals surface area contributed by atoms with Gasteiger partial charge in [0, 0.05) is 18.5 Å². The summed E-state index contributed by atoms with van der Waals surface area (Å²) in [6, 6.07) is 3.85. The third-order valence-corrected chi connectivity index (χ3v) is 3.54. The molecule has 1 aromatic rings. The van der Waals surface area contributed by atoms with Gasteiger partial charge in [-0.25, -0.2) is 0 Å². The van der Waals surface area contributed by atoms with Gasteiger partial charge in [0.25, 0.3) is 0 Å². The van der Waals surface area contributed by atoms with Crippen LogP contribution in [-0.2, 0) is 15.0 Å². The zero-order valence-electron chi connectivity index (χ0n) is 14.1. The van der Waals surface area contributed by atoms with Crippen LogP contribution >= 0.6 is 0 Å². The summed E-state index contributed by atoms with van der Waals surface area (Å²) in [6.07, 6.45) is 0.483. The van der Waals surface area contributed by atoms with Gasteiger partial charge in [0.05, 0.1) is 12.1 Å². The summed E-state index contributed by atoms with van der Waals surface area (Å²) in [5, 5.41) is 2.92. The van der Waals surface area contributed by atoms with E-state index < -0.39 is 5.41 Å². The molecular formula is C17H24BNO3. The Kier molecular flexibility index (Phi) is 6.36. The van der Waals surface area contributed by atoms with E-state index >= 15 is 0 Å². The Labute approximate surface area is 134 Å². The average molecular weight is 301 g/mol. The number of carbonyl (C=O) groups is 2. The first-order chi connectivity index (χ1) is 10.2. The summed E-state index contributed by atoms with van der Waals surface area (Å²) in [5.74, 6) is 0.223. The van der Waals surface area contributed by atoms with E-state index in [0.717, 1.165) is 16.7 Å². The van der Waals surface area contributed by atoms with Crippen LogP contribution in [0.2, 0.25) is 0 Å². The number of aryl methyl sites for hydroxylation is 2. The van der Waals surface area contributed by atoms with Crippen molar-refractivity contribution in [1.82, 2.24) is 5.32 Å². The molecule has 0 unspecified atom stereocenters. The lowest BCUT2D eigenvalue weighted by Crippen LogP contribution is -2.25. The number of carbonyl (C=O) groups excluding carboxylic acids is 2. The number of rotatable bonds is 7. The molecule has 0 aliphatic carbocycles. The molecule has 0 bridgehead atoms. The highest BCUT2D eigenvalue weighted by Crippen LogP contribution is 2.38. The van der Waals surface area contributed by atoms with Crippen molar-refractivity contribution in [3.05, 3.63) is 28.8 Å². The molecule has 0 aromatic heterocycles. The lowest BCUT2D eigenvalue weighted by Gasteiger charge is -2.28. The van der Waals surface area contributed by atoms with E-state index in [9.17, 15) is 9.59 Å². The molecule has 118 valence electrons. The summed E-state index contributed by atoms with van der Waals surface area (Å²) >= 11 is 0. The van der Waals surface area contributed by atoms with Gasteiger partial charge in [-0.3, -0.25) is 4.79 Å². The highest BCUT2D eigenvalue weighted by molar-refractivity contribution is 6.57. The molecular weight excluding hydrogens is 277 g/mol. The van der Waals surface area contributed by atoms with Crippen LogP contribution in [0.1, 0.15) is 43.4 Å². The van der Waals surface area contributed by atoms with Crippen LogP contribution in [0, 0.1) is 13.8 Å². The van der Waals surface area contributed by atoms with Crippen LogP contribution in [-0.4, -0.2) is 33.1 Å². The van der Waals surface area contributed by atoms with Gasteiger partial charge in [-0.15, -0.1) is 0 Å². The predicted molar refractivity (Wildman–Crippen MR) is 88.5 cm³/mol. The molecule has 0 saturated heterocycles. The van der Waals surface area contributed by atoms with E-state index in [1.165, 1.54) is 0 Å². The summed E-state index contributed by atoms with van der Waals surface area (Å²) < 4.78 is 5.55. The van der Waals surface area contributed by atoms with E-state index in [-0.39, 0.29) is 18.1 Å². The Morgan fingerprint density at radius 1 is 1.27 bits per heavy atom. The van der Waals surface area contributed by atoms with Crippen LogP contribution in [0.25, 0.3) is 0 Å². The molecule has 0 heterocycles. The third-order valence-electron chi connectivity index (χ3n) is 3.54. The van der Waals surface area contributed by atoms with Crippen molar-refractivity contribution < 1.29 is 14.3 Å². The van der Waals surface area contributed by atoms with Crippen LogP contribution in [0.15, 0.2) is 12.1 Å². The molecule has 1 N–H and O–H groups in total. The van der Waals surface area contributed by atoms with E-state index in [0.29, 0.717) is 18.7 Å².